The molecule has 1 aromatic rings. The molecule has 72 valence electrons. The molecule has 14 heavy (non-hydrogen) atoms. The minimum absolute atomic E-state index is 0.127. The average molecular weight is 207 g/mol. The molecule has 1 atom stereocenters. The van der Waals surface area contributed by atoms with Gasteiger partial charge in [0.1, 0.15) is 0 Å². The summed E-state index contributed by atoms with van der Waals surface area (Å²) < 4.78 is 0. The van der Waals surface area contributed by atoms with Crippen LogP contribution in [0.4, 0.5) is 0 Å². The molecule has 3 rings (SSSR count). The highest BCUT2D eigenvalue weighted by atomic mass is 32.1. The summed E-state index contributed by atoms with van der Waals surface area (Å²) in [5.41, 5.74) is 0.839. The zero-order valence-electron chi connectivity index (χ0n) is 7.53. The number of thiophene rings is 1. The van der Waals surface area contributed by atoms with Gasteiger partial charge in [-0.15, -0.1) is 11.3 Å². The molecule has 4 heteroatoms. The Labute approximate surface area is 85.3 Å². The molecule has 3 nitrogen and oxygen atoms in total. The van der Waals surface area contributed by atoms with Gasteiger partial charge in [0.2, 0.25) is 5.91 Å². The lowest BCUT2D eigenvalue weighted by molar-refractivity contribution is -0.129. The van der Waals surface area contributed by atoms with Crippen LogP contribution >= 0.6 is 11.3 Å². The topological polar surface area (TPSA) is 37.4 Å². The van der Waals surface area contributed by atoms with E-state index in [-0.39, 0.29) is 17.7 Å². The molecule has 1 fully saturated rings. The highest BCUT2D eigenvalue weighted by Gasteiger charge is 2.41. The third-order valence-electron chi connectivity index (χ3n) is 2.96. The maximum Gasteiger partial charge on any atom is 0.223 e. The average Bonchev–Trinajstić information content (AvgIpc) is 2.75. The van der Waals surface area contributed by atoms with Gasteiger partial charge in [-0.05, 0) is 17.9 Å². The molecular formula is C10H9NO2S. The van der Waals surface area contributed by atoms with Gasteiger partial charge < -0.3 is 4.90 Å². The van der Waals surface area contributed by atoms with E-state index in [1.807, 2.05) is 11.4 Å². The molecule has 0 bridgehead atoms. The van der Waals surface area contributed by atoms with E-state index in [2.05, 4.69) is 0 Å². The van der Waals surface area contributed by atoms with Crippen molar-refractivity contribution in [3.8, 4) is 0 Å². The summed E-state index contributed by atoms with van der Waals surface area (Å²) >= 11 is 1.57. The van der Waals surface area contributed by atoms with Gasteiger partial charge in [0, 0.05) is 16.9 Å². The predicted octanol–water partition coefficient (Wildman–Crippen LogP) is 1.44. The second-order valence-corrected chi connectivity index (χ2v) is 4.70. The van der Waals surface area contributed by atoms with Gasteiger partial charge in [0.15, 0.2) is 5.78 Å². The van der Waals surface area contributed by atoms with Crippen LogP contribution in [0.3, 0.4) is 0 Å². The van der Waals surface area contributed by atoms with Crippen LogP contribution in [0.25, 0.3) is 0 Å². The van der Waals surface area contributed by atoms with E-state index in [4.69, 9.17) is 0 Å². The standard InChI is InChI=1S/C10H9NO2S/c12-9-2-1-7-10(13)6-3-4-14-8(6)5-11(7)9/h3-4,7H,1-2,5H2/t7-/m1/s1. The second kappa shape index (κ2) is 2.67. The first kappa shape index (κ1) is 8.17. The molecule has 2 aliphatic rings. The number of amides is 1. The number of carbonyl (C=O) groups excluding carboxylic acids is 2. The van der Waals surface area contributed by atoms with Crippen LogP contribution in [0.2, 0.25) is 0 Å². The summed E-state index contributed by atoms with van der Waals surface area (Å²) in [6.07, 6.45) is 1.23. The predicted molar refractivity (Wildman–Crippen MR) is 52.2 cm³/mol. The third-order valence-corrected chi connectivity index (χ3v) is 3.86. The zero-order valence-corrected chi connectivity index (χ0v) is 8.34. The van der Waals surface area contributed by atoms with Crippen molar-refractivity contribution in [1.29, 1.82) is 0 Å². The maximum atomic E-state index is 11.9. The Morgan fingerprint density at radius 2 is 2.29 bits per heavy atom. The quantitative estimate of drug-likeness (QED) is 0.645. The fourth-order valence-corrected chi connectivity index (χ4v) is 3.10. The molecule has 3 heterocycles. The third kappa shape index (κ3) is 0.917. The zero-order chi connectivity index (χ0) is 9.71. The van der Waals surface area contributed by atoms with E-state index in [1.165, 1.54) is 0 Å². The van der Waals surface area contributed by atoms with Crippen molar-refractivity contribution in [2.24, 2.45) is 0 Å². The van der Waals surface area contributed by atoms with Gasteiger partial charge in [-0.25, -0.2) is 0 Å². The first-order chi connectivity index (χ1) is 6.77. The number of rotatable bonds is 0. The Morgan fingerprint density at radius 1 is 1.43 bits per heavy atom. The molecule has 1 saturated heterocycles. The van der Waals surface area contributed by atoms with Crippen molar-refractivity contribution in [3.63, 3.8) is 0 Å². The normalized spacial score (nSPS) is 25.1. The molecule has 0 aromatic carbocycles. The van der Waals surface area contributed by atoms with Crippen molar-refractivity contribution in [3.05, 3.63) is 21.9 Å². The van der Waals surface area contributed by atoms with Crippen LogP contribution in [0.15, 0.2) is 11.4 Å². The van der Waals surface area contributed by atoms with Gasteiger partial charge in [0.25, 0.3) is 0 Å². The minimum atomic E-state index is -0.162. The van der Waals surface area contributed by atoms with Crippen LogP contribution in [0.1, 0.15) is 28.1 Å². The lowest BCUT2D eigenvalue weighted by Crippen LogP contribution is -2.41. The van der Waals surface area contributed by atoms with E-state index in [1.54, 1.807) is 16.2 Å². The first-order valence-corrected chi connectivity index (χ1v) is 5.55. The Morgan fingerprint density at radius 3 is 3.14 bits per heavy atom. The van der Waals surface area contributed by atoms with Gasteiger partial charge in [-0.1, -0.05) is 0 Å². The number of nitrogens with zero attached hydrogens (tertiary/aromatic N) is 1. The van der Waals surface area contributed by atoms with Gasteiger partial charge in [-0.3, -0.25) is 9.59 Å². The number of Topliss-reactive ketones (excluding diaryl/α,β-unsaturated/α-hetero) is 1. The van der Waals surface area contributed by atoms with Crippen molar-refractivity contribution < 1.29 is 9.59 Å². The Kier molecular flexibility index (Phi) is 1.56. The van der Waals surface area contributed by atoms with Crippen LogP contribution in [-0.4, -0.2) is 22.6 Å². The van der Waals surface area contributed by atoms with Gasteiger partial charge >= 0.3 is 0 Å². The number of fused-ring (bicyclic) bond motifs is 2. The smallest absolute Gasteiger partial charge is 0.223 e. The van der Waals surface area contributed by atoms with Crippen molar-refractivity contribution in [1.82, 2.24) is 4.90 Å². The molecule has 2 aliphatic heterocycles. The molecule has 1 amide bonds. The van der Waals surface area contributed by atoms with E-state index >= 15 is 0 Å². The summed E-state index contributed by atoms with van der Waals surface area (Å²) in [5, 5.41) is 1.93. The Bertz CT molecular complexity index is 424. The summed E-state index contributed by atoms with van der Waals surface area (Å²) in [5.74, 6) is 0.265. The Hall–Kier alpha value is -1.16. The maximum absolute atomic E-state index is 11.9. The summed E-state index contributed by atoms with van der Waals surface area (Å²) in [6.45, 7) is 0.641. The number of hydrogen-bond acceptors (Lipinski definition) is 3. The second-order valence-electron chi connectivity index (χ2n) is 3.70. The molecule has 0 N–H and O–H groups in total. The fourth-order valence-electron chi connectivity index (χ4n) is 2.22. The molecule has 0 radical (unpaired) electrons. The van der Waals surface area contributed by atoms with E-state index in [9.17, 15) is 9.59 Å². The molecule has 0 unspecified atom stereocenters. The van der Waals surface area contributed by atoms with Crippen LogP contribution < -0.4 is 0 Å². The Balaban J connectivity index is 2.09. The van der Waals surface area contributed by atoms with E-state index in [0.29, 0.717) is 19.4 Å². The van der Waals surface area contributed by atoms with Crippen molar-refractivity contribution in [2.45, 2.75) is 25.4 Å². The molecule has 0 spiro atoms. The largest absolute Gasteiger partial charge is 0.327 e. The number of hydrogen-bond donors (Lipinski definition) is 0. The number of carbonyl (C=O) groups is 2. The van der Waals surface area contributed by atoms with Crippen LogP contribution in [0, 0.1) is 0 Å². The fraction of sp³-hybridized carbons (Fsp3) is 0.400. The van der Waals surface area contributed by atoms with E-state index < -0.39 is 0 Å². The molecule has 0 saturated carbocycles. The minimum Gasteiger partial charge on any atom is -0.327 e. The first-order valence-electron chi connectivity index (χ1n) is 4.67. The summed E-state index contributed by atoms with van der Waals surface area (Å²) in [6, 6.07) is 1.72. The molecule has 0 aliphatic carbocycles. The SMILES string of the molecule is O=C1c2ccsc2CN2C(=O)CC[C@H]12. The lowest BCUT2D eigenvalue weighted by Gasteiger charge is -2.28. The highest BCUT2D eigenvalue weighted by molar-refractivity contribution is 7.10. The summed E-state index contributed by atoms with van der Waals surface area (Å²) in [4.78, 5) is 26.1. The number of ketones is 1. The van der Waals surface area contributed by atoms with E-state index in [0.717, 1.165) is 10.4 Å². The van der Waals surface area contributed by atoms with Crippen molar-refractivity contribution >= 4 is 23.0 Å². The van der Waals surface area contributed by atoms with Crippen molar-refractivity contribution in [2.75, 3.05) is 0 Å². The highest BCUT2D eigenvalue weighted by Crippen LogP contribution is 2.33. The van der Waals surface area contributed by atoms with Crippen LogP contribution in [-0.2, 0) is 11.3 Å². The lowest BCUT2D eigenvalue weighted by atomic mass is 9.99. The molecule has 1 aromatic heterocycles. The molecular weight excluding hydrogens is 198 g/mol. The van der Waals surface area contributed by atoms with Gasteiger partial charge in [0.05, 0.1) is 12.6 Å². The monoisotopic (exact) mass is 207 g/mol. The van der Waals surface area contributed by atoms with Gasteiger partial charge in [-0.2, -0.15) is 0 Å². The van der Waals surface area contributed by atoms with Crippen LogP contribution in [0.5, 0.6) is 0 Å². The summed E-state index contributed by atoms with van der Waals surface area (Å²) in [7, 11) is 0.